The van der Waals surface area contributed by atoms with E-state index in [0.29, 0.717) is 52.6 Å². The Hall–Kier alpha value is -4.37. The molecule has 4 aromatic rings. The van der Waals surface area contributed by atoms with Gasteiger partial charge in [-0.2, -0.15) is 0 Å². The second-order valence-electron chi connectivity index (χ2n) is 11.8. The summed E-state index contributed by atoms with van der Waals surface area (Å²) < 4.78 is 18.5. The van der Waals surface area contributed by atoms with Crippen LogP contribution in [0.25, 0.3) is 16.0 Å². The third-order valence-corrected chi connectivity index (χ3v) is 8.80. The van der Waals surface area contributed by atoms with Crippen molar-refractivity contribution in [2.75, 3.05) is 25.2 Å². The molecule has 1 amide bonds. The van der Waals surface area contributed by atoms with Gasteiger partial charge < -0.3 is 19.3 Å². The largest absolute Gasteiger partial charge is 0.507 e. The quantitative estimate of drug-likeness (QED) is 0.0732. The third kappa shape index (κ3) is 6.68. The minimum atomic E-state index is -0.963. The monoisotopic (exact) mass is 628 g/mol. The Morgan fingerprint density at radius 1 is 1.02 bits per heavy atom. The van der Waals surface area contributed by atoms with Crippen molar-refractivity contribution in [2.24, 2.45) is 5.92 Å². The van der Waals surface area contributed by atoms with Gasteiger partial charge in [0.05, 0.1) is 42.2 Å². The van der Waals surface area contributed by atoms with Gasteiger partial charge in [-0.3, -0.25) is 14.5 Å². The molecule has 1 aliphatic rings. The molecule has 3 aromatic carbocycles. The third-order valence-electron chi connectivity index (χ3n) is 7.80. The number of aryl methyl sites for hydroxylation is 2. The number of ether oxygens (including phenoxy) is 3. The van der Waals surface area contributed by atoms with Crippen molar-refractivity contribution in [1.29, 1.82) is 0 Å². The van der Waals surface area contributed by atoms with Crippen LogP contribution in [-0.4, -0.2) is 42.1 Å². The maximum Gasteiger partial charge on any atom is 0.301 e. The van der Waals surface area contributed by atoms with E-state index >= 15 is 0 Å². The second-order valence-corrected chi connectivity index (χ2v) is 12.8. The smallest absolute Gasteiger partial charge is 0.301 e. The summed E-state index contributed by atoms with van der Waals surface area (Å²) in [5.41, 5.74) is 3.74. The fourth-order valence-electron chi connectivity index (χ4n) is 5.41. The number of methoxy groups -OCH3 is 1. The highest BCUT2D eigenvalue weighted by Crippen LogP contribution is 2.46. The molecule has 1 N–H and O–H groups in total. The van der Waals surface area contributed by atoms with Gasteiger partial charge >= 0.3 is 5.91 Å². The van der Waals surface area contributed by atoms with Crippen LogP contribution in [-0.2, 0) is 9.59 Å². The molecule has 0 bridgehead atoms. The van der Waals surface area contributed by atoms with Gasteiger partial charge in [0, 0.05) is 5.56 Å². The molecule has 1 unspecified atom stereocenters. The van der Waals surface area contributed by atoms with Crippen LogP contribution in [0.4, 0.5) is 5.13 Å². The molecule has 2 heterocycles. The van der Waals surface area contributed by atoms with E-state index in [1.165, 1.54) is 16.2 Å². The number of benzene rings is 3. The van der Waals surface area contributed by atoms with Crippen LogP contribution >= 0.6 is 11.3 Å². The lowest BCUT2D eigenvalue weighted by Crippen LogP contribution is -2.29. The number of carbonyl (C=O) groups excluding carboxylic acids is 2. The van der Waals surface area contributed by atoms with Crippen molar-refractivity contribution in [2.45, 2.75) is 59.9 Å². The van der Waals surface area contributed by atoms with Crippen molar-refractivity contribution < 1.29 is 28.9 Å². The van der Waals surface area contributed by atoms with Gasteiger partial charge in [-0.25, -0.2) is 4.98 Å². The number of carbonyl (C=O) groups is 2. The summed E-state index contributed by atoms with van der Waals surface area (Å²) in [5.74, 6) is 0.225. The van der Waals surface area contributed by atoms with Gasteiger partial charge in [-0.15, -0.1) is 0 Å². The molecule has 1 atom stereocenters. The molecule has 9 heteroatoms. The number of aliphatic hydroxyl groups excluding tert-OH is 1. The van der Waals surface area contributed by atoms with Crippen molar-refractivity contribution in [3.8, 4) is 17.2 Å². The van der Waals surface area contributed by atoms with E-state index in [-0.39, 0.29) is 11.3 Å². The zero-order valence-corrected chi connectivity index (χ0v) is 27.5. The van der Waals surface area contributed by atoms with E-state index in [1.54, 1.807) is 49.6 Å². The fourth-order valence-corrected chi connectivity index (χ4v) is 6.58. The number of anilines is 1. The highest BCUT2D eigenvalue weighted by molar-refractivity contribution is 7.22. The predicted octanol–water partition coefficient (Wildman–Crippen LogP) is 8.15. The Morgan fingerprint density at radius 2 is 1.82 bits per heavy atom. The molecule has 8 nitrogen and oxygen atoms in total. The topological polar surface area (TPSA) is 98.2 Å². The summed E-state index contributed by atoms with van der Waals surface area (Å²) in [6, 6.07) is 15.4. The molecular weight excluding hydrogens is 588 g/mol. The Balaban J connectivity index is 1.65. The molecule has 1 aromatic heterocycles. The molecule has 1 fully saturated rings. The number of hydrogen-bond acceptors (Lipinski definition) is 8. The van der Waals surface area contributed by atoms with Gasteiger partial charge in [0.1, 0.15) is 11.5 Å². The number of amides is 1. The van der Waals surface area contributed by atoms with E-state index in [4.69, 9.17) is 19.2 Å². The molecule has 1 aliphatic heterocycles. The SMILES string of the molecule is CCCCOc1cccc(/C(O)=C2\C(=O)C(=O)N(c3nc4c(C)cc(C)cc4s3)C2c2ccc(OCCC(C)C)c(OC)c2)c1. The Bertz CT molecular complexity index is 1760. The van der Waals surface area contributed by atoms with Gasteiger partial charge in [0.25, 0.3) is 5.78 Å². The van der Waals surface area contributed by atoms with Gasteiger partial charge in [-0.1, -0.05) is 62.8 Å². The molecule has 1 saturated heterocycles. The van der Waals surface area contributed by atoms with Crippen molar-refractivity contribution in [1.82, 2.24) is 4.98 Å². The fraction of sp³-hybridized carbons (Fsp3) is 0.361. The zero-order chi connectivity index (χ0) is 32.2. The predicted molar refractivity (Wildman–Crippen MR) is 179 cm³/mol. The van der Waals surface area contributed by atoms with Crippen LogP contribution in [0, 0.1) is 19.8 Å². The summed E-state index contributed by atoms with van der Waals surface area (Å²) in [7, 11) is 1.55. The standard InChI is InChI=1S/C36H40N2O6S/c1-7-8-15-43-26-11-9-10-25(19-26)33(39)30-32(24-12-13-27(28(20-24)42-6)44-16-14-21(2)3)38(35(41)34(30)40)36-37-31-23(5)17-22(4)18-29(31)45-36/h9-13,17-21,32,39H,7-8,14-16H2,1-6H3/b33-30+. The highest BCUT2D eigenvalue weighted by Gasteiger charge is 2.48. The number of nitrogens with zero attached hydrogens (tertiary/aromatic N) is 2. The van der Waals surface area contributed by atoms with E-state index in [1.807, 2.05) is 26.0 Å². The van der Waals surface area contributed by atoms with Gasteiger partial charge in [0.15, 0.2) is 16.6 Å². The zero-order valence-electron chi connectivity index (χ0n) is 26.7. The minimum absolute atomic E-state index is 0.0339. The molecular formula is C36H40N2O6S. The van der Waals surface area contributed by atoms with E-state index in [9.17, 15) is 14.7 Å². The number of aromatic nitrogens is 1. The van der Waals surface area contributed by atoms with Gasteiger partial charge in [-0.05, 0) is 79.6 Å². The van der Waals surface area contributed by atoms with E-state index in [0.717, 1.165) is 40.6 Å². The average Bonchev–Trinajstić information content (AvgIpc) is 3.55. The maximum atomic E-state index is 13.8. The van der Waals surface area contributed by atoms with Gasteiger partial charge in [0.2, 0.25) is 0 Å². The normalized spacial score (nSPS) is 16.2. The van der Waals surface area contributed by atoms with Crippen LogP contribution in [0.5, 0.6) is 17.2 Å². The number of fused-ring (bicyclic) bond motifs is 1. The van der Waals surface area contributed by atoms with Crippen LogP contribution in [0.2, 0.25) is 0 Å². The van der Waals surface area contributed by atoms with E-state index in [2.05, 4.69) is 20.8 Å². The Morgan fingerprint density at radius 3 is 2.56 bits per heavy atom. The van der Waals surface area contributed by atoms with Crippen LogP contribution in [0.15, 0.2) is 60.2 Å². The summed E-state index contributed by atoms with van der Waals surface area (Å²) in [6.07, 6.45) is 2.75. The summed E-state index contributed by atoms with van der Waals surface area (Å²) in [4.78, 5) is 33.9. The maximum absolute atomic E-state index is 13.8. The molecule has 0 spiro atoms. The number of unbranched alkanes of at least 4 members (excludes halogenated alkanes) is 1. The lowest BCUT2D eigenvalue weighted by Gasteiger charge is -2.24. The lowest BCUT2D eigenvalue weighted by molar-refractivity contribution is -0.132. The number of Topliss-reactive ketones (excluding diaryl/α,β-unsaturated/α-hetero) is 1. The minimum Gasteiger partial charge on any atom is -0.507 e. The lowest BCUT2D eigenvalue weighted by atomic mass is 9.95. The van der Waals surface area contributed by atoms with Crippen molar-refractivity contribution in [3.05, 3.63) is 82.4 Å². The number of aliphatic hydroxyl groups is 1. The number of hydrogen-bond donors (Lipinski definition) is 1. The number of rotatable bonds is 12. The molecule has 0 radical (unpaired) electrons. The molecule has 5 rings (SSSR count). The number of thiazole rings is 1. The first kappa shape index (κ1) is 32.0. The Kier molecular flexibility index (Phi) is 9.77. The summed E-state index contributed by atoms with van der Waals surface area (Å²) in [6.45, 7) is 11.4. The van der Waals surface area contributed by atoms with E-state index < -0.39 is 17.7 Å². The van der Waals surface area contributed by atoms with Crippen LogP contribution < -0.4 is 19.1 Å². The summed E-state index contributed by atoms with van der Waals surface area (Å²) >= 11 is 1.34. The van der Waals surface area contributed by atoms with Crippen molar-refractivity contribution >= 4 is 44.1 Å². The molecule has 45 heavy (non-hydrogen) atoms. The molecule has 0 saturated carbocycles. The van der Waals surface area contributed by atoms with Crippen LogP contribution in [0.1, 0.15) is 68.3 Å². The Labute approximate surface area is 268 Å². The average molecular weight is 629 g/mol. The summed E-state index contributed by atoms with van der Waals surface area (Å²) in [5, 5.41) is 12.1. The van der Waals surface area contributed by atoms with Crippen LogP contribution in [0.3, 0.4) is 0 Å². The second kappa shape index (κ2) is 13.7. The highest BCUT2D eigenvalue weighted by atomic mass is 32.1. The molecule has 236 valence electrons. The number of ketones is 1. The molecule has 0 aliphatic carbocycles. The first-order valence-corrected chi connectivity index (χ1v) is 16.2. The van der Waals surface area contributed by atoms with Crippen molar-refractivity contribution in [3.63, 3.8) is 0 Å². The first-order chi connectivity index (χ1) is 21.6. The first-order valence-electron chi connectivity index (χ1n) is 15.4.